The minimum atomic E-state index is -1.99. The zero-order valence-corrected chi connectivity index (χ0v) is 47.5. The molecule has 3 aliphatic heterocycles. The van der Waals surface area contributed by atoms with E-state index in [-0.39, 0.29) is 6.42 Å². The van der Waals surface area contributed by atoms with Gasteiger partial charge in [-0.3, -0.25) is 4.79 Å². The lowest BCUT2D eigenvalue weighted by Gasteiger charge is -2.48. The zero-order valence-electron chi connectivity index (χ0n) is 47.5. The average Bonchev–Trinajstić information content (AvgIpc) is 3.50. The largest absolute Gasteiger partial charge is 0.394 e. The number of hydrogen-bond donors (Lipinski definition) is 12. The van der Waals surface area contributed by atoms with Crippen LogP contribution in [0, 0.1) is 0 Å². The molecule has 1 amide bonds. The van der Waals surface area contributed by atoms with Crippen molar-refractivity contribution in [2.24, 2.45) is 0 Å². The topological polar surface area (TPSA) is 307 Å². The Kier molecular flexibility index (Phi) is 38.5. The summed E-state index contributed by atoms with van der Waals surface area (Å²) in [7, 11) is 0. The highest BCUT2D eigenvalue weighted by atomic mass is 16.8. The summed E-state index contributed by atoms with van der Waals surface area (Å²) in [5, 5.41) is 120. The summed E-state index contributed by atoms with van der Waals surface area (Å²) < 4.78 is 34.1. The first kappa shape index (κ1) is 71.0. The van der Waals surface area contributed by atoms with Gasteiger partial charge in [-0.1, -0.05) is 169 Å². The van der Waals surface area contributed by atoms with E-state index in [4.69, 9.17) is 28.4 Å². The molecule has 0 aromatic heterocycles. The van der Waals surface area contributed by atoms with Crippen molar-refractivity contribution in [1.29, 1.82) is 0 Å². The number of hydrogen-bond acceptors (Lipinski definition) is 18. The molecule has 0 bridgehead atoms. The molecular weight excluding hydrogens is 1030 g/mol. The lowest BCUT2D eigenvalue weighted by atomic mass is 9.96. The van der Waals surface area contributed by atoms with E-state index in [1.54, 1.807) is 18.2 Å². The Hall–Kier alpha value is -3.29. The molecule has 458 valence electrons. The number of nitrogens with one attached hydrogen (secondary N) is 1. The highest BCUT2D eigenvalue weighted by Gasteiger charge is 2.53. The number of unbranched alkanes of at least 4 members (excludes halogenated alkanes) is 12. The summed E-state index contributed by atoms with van der Waals surface area (Å²) >= 11 is 0. The van der Waals surface area contributed by atoms with Gasteiger partial charge in [-0.25, -0.2) is 0 Å². The summed E-state index contributed by atoms with van der Waals surface area (Å²) in [6, 6.07) is -1.06. The minimum absolute atomic E-state index is 0.00578. The highest BCUT2D eigenvalue weighted by Crippen LogP contribution is 2.33. The molecule has 0 aromatic carbocycles. The molecule has 0 spiro atoms. The van der Waals surface area contributed by atoms with E-state index in [1.165, 1.54) is 64.2 Å². The molecule has 3 saturated heterocycles. The molecule has 3 heterocycles. The van der Waals surface area contributed by atoms with E-state index in [9.17, 15) is 61.0 Å². The Labute approximate surface area is 475 Å². The fourth-order valence-corrected chi connectivity index (χ4v) is 9.29. The van der Waals surface area contributed by atoms with Gasteiger partial charge in [0.1, 0.15) is 73.2 Å². The number of carbonyl (C=O) groups is 1. The fraction of sp³-hybridized carbons (Fsp3) is 0.721. The molecule has 0 radical (unpaired) electrons. The quantitative estimate of drug-likeness (QED) is 0.0284. The molecule has 3 aliphatic rings. The van der Waals surface area contributed by atoms with Crippen LogP contribution >= 0.6 is 0 Å². The summed E-state index contributed by atoms with van der Waals surface area (Å²) in [5.74, 6) is -0.421. The molecule has 3 fully saturated rings. The van der Waals surface area contributed by atoms with Crippen LogP contribution in [0.25, 0.3) is 0 Å². The summed E-state index contributed by atoms with van der Waals surface area (Å²) in [6.07, 6.45) is 27.1. The molecular formula is C61H101NO18. The van der Waals surface area contributed by atoms with Crippen molar-refractivity contribution < 1.29 is 89.4 Å². The Bertz CT molecular complexity index is 1840. The number of allylic oxidation sites excluding steroid dienone is 14. The Morgan fingerprint density at radius 1 is 0.463 bits per heavy atom. The van der Waals surface area contributed by atoms with Crippen LogP contribution in [0.1, 0.15) is 149 Å². The van der Waals surface area contributed by atoms with Gasteiger partial charge >= 0.3 is 0 Å². The molecule has 17 unspecified atom stereocenters. The summed E-state index contributed by atoms with van der Waals surface area (Å²) in [6.45, 7) is 1.48. The second-order valence-electron chi connectivity index (χ2n) is 20.7. The lowest BCUT2D eigenvalue weighted by molar-refractivity contribution is -0.379. The van der Waals surface area contributed by atoms with Gasteiger partial charge in [0.2, 0.25) is 5.91 Å². The van der Waals surface area contributed by atoms with Gasteiger partial charge in [-0.15, -0.1) is 0 Å². The van der Waals surface area contributed by atoms with Crippen LogP contribution in [0.15, 0.2) is 97.2 Å². The zero-order chi connectivity index (χ0) is 58.3. The van der Waals surface area contributed by atoms with Gasteiger partial charge in [0.15, 0.2) is 18.9 Å². The molecule has 17 atom stereocenters. The van der Waals surface area contributed by atoms with Gasteiger partial charge in [0.25, 0.3) is 0 Å². The van der Waals surface area contributed by atoms with Crippen molar-refractivity contribution >= 4 is 5.91 Å². The van der Waals surface area contributed by atoms with Gasteiger partial charge in [-0.2, -0.15) is 0 Å². The van der Waals surface area contributed by atoms with Crippen LogP contribution in [0.3, 0.4) is 0 Å². The van der Waals surface area contributed by atoms with Crippen molar-refractivity contribution in [3.63, 3.8) is 0 Å². The molecule has 0 aliphatic carbocycles. The number of aliphatic hydroxyl groups excluding tert-OH is 11. The van der Waals surface area contributed by atoms with Gasteiger partial charge in [0, 0.05) is 6.42 Å². The number of amides is 1. The van der Waals surface area contributed by atoms with Crippen LogP contribution in [0.4, 0.5) is 0 Å². The molecule has 0 aromatic rings. The van der Waals surface area contributed by atoms with Gasteiger partial charge < -0.3 is 89.9 Å². The Morgan fingerprint density at radius 3 is 1.38 bits per heavy atom. The standard InChI is InChI=1S/C61H101NO18/c1-3-5-7-9-11-13-15-17-19-20-21-22-23-25-26-28-30-32-34-36-38-45(66)44(62-49(67)39-37-35-33-31-29-27-24-18-16-14-12-10-8-6-4-2)43-75-59-55(73)52(70)57(47(41-64)77-59)80-61-56(74)53(71)58(48(42-65)78-61)79-60-54(72)51(69)50(68)46(40-63)76-60/h6,8,12,14,18,22-24,28-31,35-38,44-48,50-61,63-66,68-74H,3-5,7,9-11,13,15-17,19-21,25-27,32-34,39-43H2,1-2H3,(H,62,67)/b8-6-,14-12-,23-22+,24-18-,30-28+,31-29-,37-35-,38-36+. The SMILES string of the molecule is CC/C=C\C/C=C\C/C=C\C/C=C\C/C=C\CC(=O)NC(COC1OC(CO)C(OC2OC(CO)C(OC3OC(CO)C(O)C(O)C3O)C(O)C2O)C(O)C1O)C(O)/C=C/CC/C=C/CC/C=C/CCCCCCCCCCCC. The number of ether oxygens (including phenoxy) is 6. The maximum absolute atomic E-state index is 13.2. The van der Waals surface area contributed by atoms with Gasteiger partial charge in [-0.05, 0) is 70.6 Å². The molecule has 19 heteroatoms. The molecule has 3 rings (SSSR count). The van der Waals surface area contributed by atoms with Crippen molar-refractivity contribution in [3.05, 3.63) is 97.2 Å². The van der Waals surface area contributed by atoms with Crippen molar-refractivity contribution in [3.8, 4) is 0 Å². The second-order valence-corrected chi connectivity index (χ2v) is 20.7. The minimum Gasteiger partial charge on any atom is -0.394 e. The van der Waals surface area contributed by atoms with E-state index < -0.39 is 137 Å². The van der Waals surface area contributed by atoms with E-state index in [0.29, 0.717) is 12.8 Å². The van der Waals surface area contributed by atoms with E-state index in [1.807, 2.05) is 18.2 Å². The van der Waals surface area contributed by atoms with Crippen LogP contribution < -0.4 is 5.32 Å². The van der Waals surface area contributed by atoms with Crippen LogP contribution in [-0.2, 0) is 33.2 Å². The number of carbonyl (C=O) groups excluding carboxylic acids is 1. The summed E-state index contributed by atoms with van der Waals surface area (Å²) in [5.41, 5.74) is 0. The smallest absolute Gasteiger partial charge is 0.224 e. The fourth-order valence-electron chi connectivity index (χ4n) is 9.29. The van der Waals surface area contributed by atoms with Crippen molar-refractivity contribution in [2.45, 2.75) is 253 Å². The van der Waals surface area contributed by atoms with Crippen LogP contribution in [0.5, 0.6) is 0 Å². The third-order valence-corrected chi connectivity index (χ3v) is 14.1. The molecule has 80 heavy (non-hydrogen) atoms. The maximum atomic E-state index is 13.2. The Balaban J connectivity index is 1.56. The van der Waals surface area contributed by atoms with E-state index >= 15 is 0 Å². The third kappa shape index (κ3) is 27.0. The normalized spacial score (nSPS) is 30.7. The molecule has 19 nitrogen and oxygen atoms in total. The monoisotopic (exact) mass is 1140 g/mol. The van der Waals surface area contributed by atoms with E-state index in [0.717, 1.165) is 51.4 Å². The van der Waals surface area contributed by atoms with E-state index in [2.05, 4.69) is 79.9 Å². The predicted octanol–water partition coefficient (Wildman–Crippen LogP) is 4.98. The van der Waals surface area contributed by atoms with Crippen LogP contribution in [-0.4, -0.2) is 193 Å². The highest BCUT2D eigenvalue weighted by molar-refractivity contribution is 5.77. The maximum Gasteiger partial charge on any atom is 0.224 e. The third-order valence-electron chi connectivity index (χ3n) is 14.1. The van der Waals surface area contributed by atoms with Gasteiger partial charge in [0.05, 0.1) is 38.6 Å². The van der Waals surface area contributed by atoms with Crippen LogP contribution in [0.2, 0.25) is 0 Å². The average molecular weight is 1140 g/mol. The second kappa shape index (κ2) is 43.4. The summed E-state index contributed by atoms with van der Waals surface area (Å²) in [4.78, 5) is 13.2. The van der Waals surface area contributed by atoms with Crippen molar-refractivity contribution in [2.75, 3.05) is 26.4 Å². The lowest BCUT2D eigenvalue weighted by Crippen LogP contribution is -2.66. The van der Waals surface area contributed by atoms with Crippen molar-refractivity contribution in [1.82, 2.24) is 5.32 Å². The molecule has 0 saturated carbocycles. The first-order valence-corrected chi connectivity index (χ1v) is 29.5. The Morgan fingerprint density at radius 2 is 0.875 bits per heavy atom. The molecule has 12 N–H and O–H groups in total. The number of aliphatic hydroxyl groups is 11. The first-order chi connectivity index (χ1) is 38.8. The first-order valence-electron chi connectivity index (χ1n) is 29.5. The predicted molar refractivity (Wildman–Crippen MR) is 304 cm³/mol. The number of rotatable bonds is 41.